The molecule has 11 rings (SSSR count). The zero-order valence-electron chi connectivity index (χ0n) is 39.8. The minimum Gasteiger partial charge on any atom is -0.309 e. The highest BCUT2D eigenvalue weighted by molar-refractivity contribution is 6.32. The topological polar surface area (TPSA) is 8.17 Å². The molecule has 0 radical (unpaired) electrons. The molecule has 0 N–H and O–H groups in total. The number of hydrogen-bond donors (Lipinski definition) is 0. The van der Waals surface area contributed by atoms with Crippen LogP contribution in [0.5, 0.6) is 0 Å². The van der Waals surface area contributed by atoms with Crippen LogP contribution in [-0.2, 0) is 21.7 Å². The molecule has 2 nitrogen and oxygen atoms in total. The minimum absolute atomic E-state index is 0.00000537. The molecule has 318 valence electrons. The molecule has 0 aliphatic carbocycles. The first-order chi connectivity index (χ1) is 30.3. The van der Waals surface area contributed by atoms with Crippen molar-refractivity contribution in [1.82, 2.24) is 4.57 Å². The molecule has 0 atom stereocenters. The van der Waals surface area contributed by atoms with E-state index in [2.05, 4.69) is 238 Å². The lowest BCUT2D eigenvalue weighted by Crippen LogP contribution is -2.20. The zero-order valence-corrected chi connectivity index (χ0v) is 39.8. The summed E-state index contributed by atoms with van der Waals surface area (Å²) in [7, 11) is 0. The van der Waals surface area contributed by atoms with Gasteiger partial charge in [-0.15, -0.1) is 0 Å². The lowest BCUT2D eigenvalue weighted by Gasteiger charge is -2.37. The molecule has 1 aliphatic heterocycles. The predicted molar refractivity (Wildman–Crippen MR) is 278 cm³/mol. The van der Waals surface area contributed by atoms with Crippen LogP contribution < -0.4 is 4.90 Å². The molecule has 1 aliphatic rings. The van der Waals surface area contributed by atoms with Crippen molar-refractivity contribution in [2.24, 2.45) is 0 Å². The minimum atomic E-state index is -0.125. The Morgan fingerprint density at radius 3 is 1.50 bits per heavy atom. The van der Waals surface area contributed by atoms with E-state index < -0.39 is 0 Å². The second kappa shape index (κ2) is 13.6. The summed E-state index contributed by atoms with van der Waals surface area (Å²) >= 11 is 0. The van der Waals surface area contributed by atoms with Crippen LogP contribution in [0.3, 0.4) is 0 Å². The molecule has 9 aromatic carbocycles. The fourth-order valence-electron chi connectivity index (χ4n) is 10.7. The second-order valence-electron chi connectivity index (χ2n) is 22.7. The van der Waals surface area contributed by atoms with Crippen LogP contribution in [0.1, 0.15) is 105 Å². The number of benzene rings is 9. The first kappa shape index (κ1) is 40.4. The van der Waals surface area contributed by atoms with Crippen molar-refractivity contribution in [3.8, 4) is 27.9 Å². The van der Waals surface area contributed by atoms with Gasteiger partial charge in [0.05, 0.1) is 28.1 Å². The highest BCUT2D eigenvalue weighted by Crippen LogP contribution is 2.57. The van der Waals surface area contributed by atoms with Crippen LogP contribution in [0.15, 0.2) is 146 Å². The van der Waals surface area contributed by atoms with Gasteiger partial charge in [-0.2, -0.15) is 0 Å². The van der Waals surface area contributed by atoms with Gasteiger partial charge in [-0.25, -0.2) is 0 Å². The maximum atomic E-state index is 2.57. The monoisotopic (exact) mass is 832 g/mol. The van der Waals surface area contributed by atoms with Crippen molar-refractivity contribution in [3.63, 3.8) is 0 Å². The molecule has 2 heteroatoms. The summed E-state index contributed by atoms with van der Waals surface area (Å²) in [6, 6.07) is 56.3. The van der Waals surface area contributed by atoms with Crippen molar-refractivity contribution < 1.29 is 0 Å². The van der Waals surface area contributed by atoms with Crippen molar-refractivity contribution >= 4 is 71.2 Å². The number of anilines is 3. The average Bonchev–Trinajstić information content (AvgIpc) is 3.58. The molecule has 64 heavy (non-hydrogen) atoms. The zero-order chi connectivity index (χ0) is 44.8. The molecule has 0 unspecified atom stereocenters. The van der Waals surface area contributed by atoms with E-state index in [-0.39, 0.29) is 21.7 Å². The number of fused-ring (bicyclic) bond motifs is 5. The van der Waals surface area contributed by atoms with Gasteiger partial charge in [-0.05, 0) is 131 Å². The van der Waals surface area contributed by atoms with Crippen molar-refractivity contribution in [1.29, 1.82) is 0 Å². The highest BCUT2D eigenvalue weighted by Gasteiger charge is 2.33. The summed E-state index contributed by atoms with van der Waals surface area (Å²) in [5.74, 6) is 0. The SMILES string of the molecule is CC(C)(C)c1ccc(N2c3cc(-c4cc(C(C)(C)C)cc(C(C)(C)C)c4)c(C(C)(C)C)cc3-c3cc4ccc(-n5c6ccccc6c6ccccc65)c5ccc6ccc2c3c6c45)cc1. The predicted octanol–water partition coefficient (Wildman–Crippen LogP) is 18.0. The van der Waals surface area contributed by atoms with Gasteiger partial charge in [-0.1, -0.05) is 174 Å². The van der Waals surface area contributed by atoms with Gasteiger partial charge in [0.2, 0.25) is 0 Å². The molecule has 0 spiro atoms. The third kappa shape index (κ3) is 6.12. The van der Waals surface area contributed by atoms with E-state index in [1.54, 1.807) is 0 Å². The third-order valence-corrected chi connectivity index (χ3v) is 14.2. The number of nitrogens with zero attached hydrogens (tertiary/aromatic N) is 2. The normalized spacial score (nSPS) is 13.6. The summed E-state index contributed by atoms with van der Waals surface area (Å²) < 4.78 is 2.49. The van der Waals surface area contributed by atoms with Crippen LogP contribution in [0.25, 0.3) is 82.1 Å². The number of hydrogen-bond acceptors (Lipinski definition) is 1. The maximum Gasteiger partial charge on any atom is 0.0547 e. The van der Waals surface area contributed by atoms with E-state index in [0.29, 0.717) is 0 Å². The van der Waals surface area contributed by atoms with Gasteiger partial charge < -0.3 is 9.47 Å². The Morgan fingerprint density at radius 2 is 0.906 bits per heavy atom. The Morgan fingerprint density at radius 1 is 0.344 bits per heavy atom. The van der Waals surface area contributed by atoms with Crippen molar-refractivity contribution in [2.45, 2.75) is 105 Å². The fraction of sp³-hybridized carbons (Fsp3) is 0.258. The smallest absolute Gasteiger partial charge is 0.0547 e. The summed E-state index contributed by atoms with van der Waals surface area (Å²) in [4.78, 5) is 2.57. The Labute approximate surface area is 379 Å². The molecular formula is C62H60N2. The summed E-state index contributed by atoms with van der Waals surface area (Å²) in [5.41, 5.74) is 17.8. The van der Waals surface area contributed by atoms with E-state index in [1.807, 2.05) is 0 Å². The molecule has 0 fully saturated rings. The van der Waals surface area contributed by atoms with E-state index in [0.717, 1.165) is 0 Å². The molecule has 0 saturated heterocycles. The van der Waals surface area contributed by atoms with Crippen LogP contribution in [-0.4, -0.2) is 4.57 Å². The third-order valence-electron chi connectivity index (χ3n) is 14.2. The van der Waals surface area contributed by atoms with Crippen molar-refractivity contribution in [2.75, 3.05) is 4.90 Å². The van der Waals surface area contributed by atoms with E-state index in [1.165, 1.54) is 121 Å². The molecule has 0 saturated carbocycles. The maximum absolute atomic E-state index is 2.57. The standard InChI is InChI=1S/C62H60N2/c1-59(2,3)40-24-26-43(27-25-40)63-54-30-22-37-21-28-46-53(64-51-19-15-13-17-44(51)45-18-14-16-20-52(45)64)29-23-38-33-49(58(54)57(37)56(38)46)48-35-50(62(10,11)12)47(36-55(48)63)39-31-41(60(4,5)6)34-42(32-39)61(7,8)9/h13-36H,1-12H3. The van der Waals surface area contributed by atoms with E-state index in [4.69, 9.17) is 0 Å². The quantitative estimate of drug-likeness (QED) is 0.161. The van der Waals surface area contributed by atoms with Gasteiger partial charge in [-0.3, -0.25) is 0 Å². The molecule has 0 bridgehead atoms. The van der Waals surface area contributed by atoms with Crippen molar-refractivity contribution in [3.05, 3.63) is 168 Å². The summed E-state index contributed by atoms with van der Waals surface area (Å²) in [6.07, 6.45) is 0. The van der Waals surface area contributed by atoms with Gasteiger partial charge in [0.1, 0.15) is 0 Å². The molecule has 10 aromatic rings. The summed E-state index contributed by atoms with van der Waals surface area (Å²) in [5, 5.41) is 10.3. The Kier molecular flexibility index (Phi) is 8.56. The van der Waals surface area contributed by atoms with Crippen LogP contribution in [0, 0.1) is 0 Å². The Balaban J connectivity index is 1.25. The van der Waals surface area contributed by atoms with Crippen LogP contribution >= 0.6 is 0 Å². The lowest BCUT2D eigenvalue weighted by atomic mass is 9.75. The van der Waals surface area contributed by atoms with Gasteiger partial charge in [0.15, 0.2) is 0 Å². The number of para-hydroxylation sites is 2. The van der Waals surface area contributed by atoms with Gasteiger partial charge >= 0.3 is 0 Å². The molecule has 2 heterocycles. The number of rotatable bonds is 3. The molecule has 1 aromatic heterocycles. The number of aromatic nitrogens is 1. The van der Waals surface area contributed by atoms with E-state index in [9.17, 15) is 0 Å². The highest BCUT2D eigenvalue weighted by atomic mass is 15.2. The average molecular weight is 833 g/mol. The van der Waals surface area contributed by atoms with Crippen LogP contribution in [0.4, 0.5) is 17.1 Å². The Bertz CT molecular complexity index is 3430. The largest absolute Gasteiger partial charge is 0.309 e. The molecular weight excluding hydrogens is 773 g/mol. The molecule has 0 amide bonds. The van der Waals surface area contributed by atoms with Crippen LogP contribution in [0.2, 0.25) is 0 Å². The first-order valence-corrected chi connectivity index (χ1v) is 23.3. The van der Waals surface area contributed by atoms with Gasteiger partial charge in [0, 0.05) is 38.2 Å². The fourth-order valence-corrected chi connectivity index (χ4v) is 10.7. The summed E-state index contributed by atoms with van der Waals surface area (Å²) in [6.45, 7) is 28.1. The van der Waals surface area contributed by atoms with Gasteiger partial charge in [0.25, 0.3) is 0 Å². The van der Waals surface area contributed by atoms with E-state index >= 15 is 0 Å². The second-order valence-corrected chi connectivity index (χ2v) is 22.7. The Hall–Kier alpha value is -6.38. The first-order valence-electron chi connectivity index (χ1n) is 23.3. The lowest BCUT2D eigenvalue weighted by molar-refractivity contribution is 0.568.